The summed E-state index contributed by atoms with van der Waals surface area (Å²) in [6.07, 6.45) is 0. The minimum absolute atomic E-state index is 0.0581. The van der Waals surface area contributed by atoms with Crippen molar-refractivity contribution in [2.75, 3.05) is 59.5 Å². The van der Waals surface area contributed by atoms with E-state index in [2.05, 4.69) is 69.3 Å². The summed E-state index contributed by atoms with van der Waals surface area (Å²) >= 11 is 0. The van der Waals surface area contributed by atoms with Crippen LogP contribution in [0.25, 0.3) is 0 Å². The number of hydrogen-bond donors (Lipinski definition) is 1. The van der Waals surface area contributed by atoms with Crippen molar-refractivity contribution in [3.8, 4) is 0 Å². The maximum atomic E-state index is 10.3. The smallest absolute Gasteiger partial charge is 0.329 e. The quantitative estimate of drug-likeness (QED) is 0.270. The van der Waals surface area contributed by atoms with Gasteiger partial charge in [-0.25, -0.2) is 4.79 Å². The van der Waals surface area contributed by atoms with Crippen molar-refractivity contribution in [1.29, 1.82) is 0 Å². The molecule has 8 heteroatoms. The van der Waals surface area contributed by atoms with Crippen LogP contribution in [0.5, 0.6) is 0 Å². The Morgan fingerprint density at radius 2 is 1.06 bits per heavy atom. The van der Waals surface area contributed by atoms with Gasteiger partial charge >= 0.3 is 5.97 Å². The maximum Gasteiger partial charge on any atom is 0.329 e. The molecule has 0 radical (unpaired) electrons. The predicted molar refractivity (Wildman–Crippen MR) is 134 cm³/mol. The second kappa shape index (κ2) is 15.0. The third-order valence-electron chi connectivity index (χ3n) is 5.30. The van der Waals surface area contributed by atoms with Crippen LogP contribution < -0.4 is 10.4 Å². The second-order valence-electron chi connectivity index (χ2n) is 8.80. The van der Waals surface area contributed by atoms with Crippen molar-refractivity contribution >= 4 is 24.7 Å². The zero-order chi connectivity index (χ0) is 24.7. The highest BCUT2D eigenvalue weighted by molar-refractivity contribution is 6.99. The van der Waals surface area contributed by atoms with E-state index in [9.17, 15) is 4.79 Å². The zero-order valence-electron chi connectivity index (χ0n) is 20.5. The molecule has 0 atom stereocenters. The third-order valence-corrected chi connectivity index (χ3v) is 10.3. The van der Waals surface area contributed by atoms with Gasteiger partial charge in [-0.15, -0.1) is 0 Å². The van der Waals surface area contributed by atoms with Gasteiger partial charge in [0.15, 0.2) is 0 Å². The van der Waals surface area contributed by atoms with Crippen LogP contribution in [0.4, 0.5) is 0 Å². The number of hydrogen-bond acceptors (Lipinski definition) is 6. The molecule has 0 bridgehead atoms. The SMILES string of the molecule is CC(C)(C)[Si](OCCOCCOCCOCCOCC(=O)O)(c1ccccc1)c1ccccc1. The van der Waals surface area contributed by atoms with Crippen LogP contribution in [-0.4, -0.2) is 78.9 Å². The summed E-state index contributed by atoms with van der Waals surface area (Å²) in [6, 6.07) is 21.1. The number of carbonyl (C=O) groups is 1. The van der Waals surface area contributed by atoms with Gasteiger partial charge in [-0.1, -0.05) is 81.4 Å². The monoisotopic (exact) mass is 490 g/mol. The zero-order valence-corrected chi connectivity index (χ0v) is 21.5. The topological polar surface area (TPSA) is 83.5 Å². The Hall–Kier alpha value is -2.07. The Kier molecular flexibility index (Phi) is 12.5. The van der Waals surface area contributed by atoms with Crippen molar-refractivity contribution in [3.05, 3.63) is 60.7 Å². The normalized spacial score (nSPS) is 12.1. The van der Waals surface area contributed by atoms with E-state index in [0.29, 0.717) is 46.2 Å². The van der Waals surface area contributed by atoms with Gasteiger partial charge in [-0.05, 0) is 15.4 Å². The van der Waals surface area contributed by atoms with E-state index < -0.39 is 14.3 Å². The molecule has 34 heavy (non-hydrogen) atoms. The predicted octanol–water partition coefficient (Wildman–Crippen LogP) is 2.71. The van der Waals surface area contributed by atoms with Crippen LogP contribution in [0.1, 0.15) is 20.8 Å². The molecular formula is C26H38O7Si. The van der Waals surface area contributed by atoms with Crippen molar-refractivity contribution in [1.82, 2.24) is 0 Å². The summed E-state index contributed by atoms with van der Waals surface area (Å²) < 4.78 is 28.2. The standard InChI is InChI=1S/C26H38O7Si/c1-26(2,3)34(23-10-6-4-7-11-23,24-12-8-5-9-13-24)33-21-20-31-17-16-29-14-15-30-18-19-32-22-25(27)28/h4-13H,14-22H2,1-3H3,(H,27,28). The molecule has 0 fully saturated rings. The highest BCUT2D eigenvalue weighted by Crippen LogP contribution is 2.36. The van der Waals surface area contributed by atoms with Crippen LogP contribution in [0.3, 0.4) is 0 Å². The van der Waals surface area contributed by atoms with Gasteiger partial charge in [-0.3, -0.25) is 0 Å². The lowest BCUT2D eigenvalue weighted by atomic mass is 10.2. The van der Waals surface area contributed by atoms with Crippen LogP contribution in [0, 0.1) is 0 Å². The van der Waals surface area contributed by atoms with Gasteiger partial charge < -0.3 is 28.5 Å². The Labute approximate surface area is 204 Å². The van der Waals surface area contributed by atoms with Crippen LogP contribution in [0.2, 0.25) is 5.04 Å². The number of carboxylic acid groups (broad SMARTS) is 1. The third kappa shape index (κ3) is 8.94. The molecule has 0 unspecified atom stereocenters. The Morgan fingerprint density at radius 3 is 1.44 bits per heavy atom. The summed E-state index contributed by atoms with van der Waals surface area (Å²) in [6.45, 7) is 9.87. The van der Waals surface area contributed by atoms with E-state index in [4.69, 9.17) is 28.5 Å². The molecule has 0 amide bonds. The number of ether oxygens (including phenoxy) is 4. The highest BCUT2D eigenvalue weighted by atomic mass is 28.4. The Balaban J connectivity index is 1.74. The molecule has 2 rings (SSSR count). The van der Waals surface area contributed by atoms with Gasteiger partial charge in [0.2, 0.25) is 0 Å². The summed E-state index contributed by atoms with van der Waals surface area (Å²) in [4.78, 5) is 10.3. The number of rotatable bonds is 17. The summed E-state index contributed by atoms with van der Waals surface area (Å²) in [5, 5.41) is 10.9. The molecule has 0 aliphatic heterocycles. The number of benzene rings is 2. The number of aliphatic carboxylic acids is 1. The van der Waals surface area contributed by atoms with E-state index in [0.717, 1.165) is 0 Å². The lowest BCUT2D eigenvalue weighted by Crippen LogP contribution is -2.66. The minimum atomic E-state index is -2.53. The van der Waals surface area contributed by atoms with Crippen molar-refractivity contribution in [3.63, 3.8) is 0 Å². The molecule has 0 aliphatic carbocycles. The largest absolute Gasteiger partial charge is 0.480 e. The van der Waals surface area contributed by atoms with E-state index >= 15 is 0 Å². The molecule has 0 heterocycles. The highest BCUT2D eigenvalue weighted by Gasteiger charge is 2.49. The minimum Gasteiger partial charge on any atom is -0.480 e. The van der Waals surface area contributed by atoms with Gasteiger partial charge in [-0.2, -0.15) is 0 Å². The lowest BCUT2D eigenvalue weighted by Gasteiger charge is -2.43. The van der Waals surface area contributed by atoms with E-state index in [-0.39, 0.29) is 18.3 Å². The fourth-order valence-corrected chi connectivity index (χ4v) is 8.38. The average Bonchev–Trinajstić information content (AvgIpc) is 2.82. The summed E-state index contributed by atoms with van der Waals surface area (Å²) in [5.74, 6) is -0.986. The molecule has 188 valence electrons. The second-order valence-corrected chi connectivity index (χ2v) is 13.1. The van der Waals surface area contributed by atoms with Crippen molar-refractivity contribution in [2.45, 2.75) is 25.8 Å². The first-order chi connectivity index (χ1) is 16.4. The van der Waals surface area contributed by atoms with Gasteiger partial charge in [0.1, 0.15) is 6.61 Å². The first kappa shape index (κ1) is 28.2. The maximum absolute atomic E-state index is 10.3. The summed E-state index contributed by atoms with van der Waals surface area (Å²) in [5.41, 5.74) is 0. The van der Waals surface area contributed by atoms with Gasteiger partial charge in [0.25, 0.3) is 8.32 Å². The molecule has 0 aliphatic rings. The van der Waals surface area contributed by atoms with E-state index in [1.165, 1.54) is 10.4 Å². The van der Waals surface area contributed by atoms with Crippen molar-refractivity contribution < 1.29 is 33.3 Å². The van der Waals surface area contributed by atoms with Gasteiger partial charge in [0.05, 0.1) is 52.9 Å². The molecule has 1 N–H and O–H groups in total. The Morgan fingerprint density at radius 1 is 0.676 bits per heavy atom. The van der Waals surface area contributed by atoms with Crippen molar-refractivity contribution in [2.24, 2.45) is 0 Å². The fourth-order valence-electron chi connectivity index (χ4n) is 3.83. The van der Waals surface area contributed by atoms with Crippen LogP contribution in [-0.2, 0) is 28.2 Å². The molecular weight excluding hydrogens is 452 g/mol. The Bertz CT molecular complexity index is 769. The fraction of sp³-hybridized carbons (Fsp3) is 0.500. The average molecular weight is 491 g/mol. The first-order valence-corrected chi connectivity index (χ1v) is 13.6. The molecule has 0 saturated carbocycles. The lowest BCUT2D eigenvalue weighted by molar-refractivity contribution is -0.142. The van der Waals surface area contributed by atoms with E-state index in [1.54, 1.807) is 0 Å². The molecule has 2 aromatic rings. The first-order valence-electron chi connectivity index (χ1n) is 11.7. The van der Waals surface area contributed by atoms with Gasteiger partial charge in [0, 0.05) is 0 Å². The summed E-state index contributed by atoms with van der Waals surface area (Å²) in [7, 11) is -2.53. The molecule has 2 aromatic carbocycles. The van der Waals surface area contributed by atoms with Crippen LogP contribution in [0.15, 0.2) is 60.7 Å². The molecule has 7 nitrogen and oxygen atoms in total. The molecule has 0 saturated heterocycles. The van der Waals surface area contributed by atoms with E-state index in [1.807, 2.05) is 12.1 Å². The van der Waals surface area contributed by atoms with Crippen LogP contribution >= 0.6 is 0 Å². The number of carboxylic acids is 1. The molecule has 0 aromatic heterocycles. The molecule has 0 spiro atoms.